The number of phenols is 3. The topological polar surface area (TPSA) is 113 Å². The molecule has 1 aromatic rings. The number of hydrogen-bond acceptors (Lipinski definition) is 6. The van der Waals surface area contributed by atoms with Crippen LogP contribution in [0.15, 0.2) is 58.0 Å². The van der Waals surface area contributed by atoms with E-state index in [0.29, 0.717) is 20.6 Å². The first-order valence-electron chi connectivity index (χ1n) is 7.62. The zero-order valence-corrected chi connectivity index (χ0v) is 16.2. The Balaban J connectivity index is 2.12. The van der Waals surface area contributed by atoms with E-state index in [1.165, 1.54) is 12.1 Å². The summed E-state index contributed by atoms with van der Waals surface area (Å²) in [6.07, 6.45) is 6.96. The Hall–Kier alpha value is -2.45. The van der Waals surface area contributed by atoms with Crippen molar-refractivity contribution in [1.29, 1.82) is 0 Å². The average molecular weight is 440 g/mol. The van der Waals surface area contributed by atoms with E-state index < -0.39 is 17.2 Å². The first-order valence-corrected chi connectivity index (χ1v) is 8.82. The fourth-order valence-electron chi connectivity index (χ4n) is 2.25. The van der Waals surface area contributed by atoms with Gasteiger partial charge in [0.1, 0.15) is 5.76 Å². The minimum atomic E-state index is -0.573. The molecule has 0 heterocycles. The molecule has 0 spiro atoms. The van der Waals surface area contributed by atoms with Crippen molar-refractivity contribution in [1.82, 2.24) is 5.32 Å². The van der Waals surface area contributed by atoms with Gasteiger partial charge in [0.05, 0.1) is 9.47 Å². The summed E-state index contributed by atoms with van der Waals surface area (Å²) in [5.74, 6) is -1.77. The quantitative estimate of drug-likeness (QED) is 0.236. The maximum absolute atomic E-state index is 9.87. The van der Waals surface area contributed by atoms with Crippen molar-refractivity contribution < 1.29 is 25.5 Å². The van der Waals surface area contributed by atoms with Crippen molar-refractivity contribution in [2.75, 3.05) is 0 Å². The first kappa shape index (κ1) is 19.9. The number of phenolic OH excluding ortho intramolecular Hbond substituents is 3. The van der Waals surface area contributed by atoms with Gasteiger partial charge in [-0.2, -0.15) is 0 Å². The highest BCUT2D eigenvalue weighted by atomic mass is 79.9. The molecule has 0 amide bonds. The lowest BCUT2D eigenvalue weighted by Crippen LogP contribution is -2.23. The minimum Gasteiger partial charge on any atom is -0.508 e. The average Bonchev–Trinajstić information content (AvgIpc) is 2.71. The van der Waals surface area contributed by atoms with Crippen LogP contribution in [-0.4, -0.2) is 30.5 Å². The van der Waals surface area contributed by atoms with Crippen molar-refractivity contribution >= 4 is 33.1 Å². The van der Waals surface area contributed by atoms with Crippen LogP contribution in [0.1, 0.15) is 24.9 Å². The smallest absolute Gasteiger partial charge is 0.200 e. The Labute approximate surface area is 164 Å². The molecule has 0 aromatic heterocycles. The van der Waals surface area contributed by atoms with Gasteiger partial charge in [-0.1, -0.05) is 30.4 Å². The molecule has 6 nitrogen and oxygen atoms in total. The number of halogens is 1. The van der Waals surface area contributed by atoms with Crippen LogP contribution in [0, 0.1) is 0 Å². The summed E-state index contributed by atoms with van der Waals surface area (Å²) in [5, 5.41) is 51.1. The third-order valence-corrected chi connectivity index (χ3v) is 4.80. The van der Waals surface area contributed by atoms with E-state index >= 15 is 0 Å². The Bertz CT molecular complexity index is 834. The second-order valence-corrected chi connectivity index (χ2v) is 6.88. The maximum Gasteiger partial charge on any atom is 0.200 e. The molecular weight excluding hydrogens is 422 g/mol. The number of rotatable bonds is 4. The molecule has 1 aliphatic carbocycles. The summed E-state index contributed by atoms with van der Waals surface area (Å²) in [4.78, 5) is 0.377. The Morgan fingerprint density at radius 2 is 1.81 bits per heavy atom. The van der Waals surface area contributed by atoms with Crippen LogP contribution in [0.25, 0.3) is 0 Å². The van der Waals surface area contributed by atoms with E-state index in [0.717, 1.165) is 0 Å². The Morgan fingerprint density at radius 1 is 1.19 bits per heavy atom. The molecule has 26 heavy (non-hydrogen) atoms. The van der Waals surface area contributed by atoms with E-state index in [9.17, 15) is 25.5 Å². The van der Waals surface area contributed by atoms with Crippen LogP contribution >= 0.6 is 28.1 Å². The molecule has 0 aliphatic heterocycles. The molecule has 2 rings (SSSR count). The molecule has 6 N–H and O–H groups in total. The summed E-state index contributed by atoms with van der Waals surface area (Å²) >= 11 is 8.49. The fraction of sp³-hybridized carbons (Fsp3) is 0.167. The maximum atomic E-state index is 9.87. The fourth-order valence-corrected chi connectivity index (χ4v) is 2.98. The Morgan fingerprint density at radius 3 is 2.42 bits per heavy atom. The molecule has 8 heteroatoms. The molecule has 0 radical (unpaired) electrons. The van der Waals surface area contributed by atoms with Gasteiger partial charge in [-0.25, -0.2) is 0 Å². The molecule has 0 fully saturated rings. The van der Waals surface area contributed by atoms with Gasteiger partial charge in [0.2, 0.25) is 0 Å². The number of benzene rings is 1. The van der Waals surface area contributed by atoms with E-state index in [-0.39, 0.29) is 24.0 Å². The van der Waals surface area contributed by atoms with Crippen LogP contribution in [0.5, 0.6) is 17.2 Å². The van der Waals surface area contributed by atoms with Crippen LogP contribution in [0.4, 0.5) is 0 Å². The monoisotopic (exact) mass is 439 g/mol. The summed E-state index contributed by atoms with van der Waals surface area (Å²) in [6, 6.07) is 2.32. The molecule has 1 aliphatic rings. The lowest BCUT2D eigenvalue weighted by Gasteiger charge is -2.16. The zero-order chi connectivity index (χ0) is 19.4. The number of aliphatic hydroxyl groups is 2. The van der Waals surface area contributed by atoms with E-state index in [2.05, 4.69) is 21.2 Å². The van der Waals surface area contributed by atoms with Crippen molar-refractivity contribution in [3.63, 3.8) is 0 Å². The molecule has 0 saturated carbocycles. The molecule has 1 atom stereocenters. The number of thiocarbonyl (C=S) groups is 1. The second-order valence-electron chi connectivity index (χ2n) is 5.64. The van der Waals surface area contributed by atoms with Gasteiger partial charge in [-0.05, 0) is 52.2 Å². The number of nitrogens with one attached hydrogen (secondary N) is 1. The first-order chi connectivity index (χ1) is 12.2. The van der Waals surface area contributed by atoms with Crippen molar-refractivity contribution in [3.8, 4) is 17.2 Å². The van der Waals surface area contributed by atoms with E-state index in [4.69, 9.17) is 12.2 Å². The highest BCUT2D eigenvalue weighted by Gasteiger charge is 2.14. The van der Waals surface area contributed by atoms with Crippen LogP contribution in [0.2, 0.25) is 0 Å². The van der Waals surface area contributed by atoms with Gasteiger partial charge in [-0.15, -0.1) is 0 Å². The SMILES string of the molecule is CC(NC(=S)/C=C/C1=C(Br)C(O)=C(O)CC=C1)c1cc(O)c(O)c(O)c1. The second kappa shape index (κ2) is 8.29. The van der Waals surface area contributed by atoms with Crippen LogP contribution in [0.3, 0.4) is 0 Å². The predicted molar refractivity (Wildman–Crippen MR) is 107 cm³/mol. The van der Waals surface area contributed by atoms with Crippen LogP contribution in [-0.2, 0) is 0 Å². The third kappa shape index (κ3) is 4.59. The highest BCUT2D eigenvalue weighted by molar-refractivity contribution is 9.12. The van der Waals surface area contributed by atoms with E-state index in [1.807, 2.05) is 0 Å². The van der Waals surface area contributed by atoms with Crippen molar-refractivity contribution in [3.05, 3.63) is 63.6 Å². The zero-order valence-electron chi connectivity index (χ0n) is 13.8. The molecule has 0 saturated heterocycles. The molecule has 138 valence electrons. The summed E-state index contributed by atoms with van der Waals surface area (Å²) in [7, 11) is 0. The summed E-state index contributed by atoms with van der Waals surface area (Å²) in [6.45, 7) is 1.78. The standard InChI is InChI=1S/C18H18BrNO5S/c1-9(11-7-13(22)17(24)14(23)8-11)20-15(26)6-5-10-3-2-4-12(21)18(25)16(10)19/h2-3,5-9,21-25H,4H2,1H3,(H,20,26)/b6-5+. The highest BCUT2D eigenvalue weighted by Crippen LogP contribution is 2.37. The Kier molecular flexibility index (Phi) is 6.33. The molecule has 1 aromatic carbocycles. The predicted octanol–water partition coefficient (Wildman–Crippen LogP) is 4.27. The summed E-state index contributed by atoms with van der Waals surface area (Å²) < 4.78 is 0.351. The van der Waals surface area contributed by atoms with Gasteiger partial charge in [0.25, 0.3) is 0 Å². The number of aliphatic hydroxyl groups excluding tert-OH is 2. The lowest BCUT2D eigenvalue weighted by atomic mass is 10.1. The third-order valence-electron chi connectivity index (χ3n) is 3.71. The van der Waals surface area contributed by atoms with Gasteiger partial charge in [-0.3, -0.25) is 0 Å². The minimum absolute atomic E-state index is 0.127. The van der Waals surface area contributed by atoms with Gasteiger partial charge < -0.3 is 30.8 Å². The van der Waals surface area contributed by atoms with Crippen molar-refractivity contribution in [2.45, 2.75) is 19.4 Å². The van der Waals surface area contributed by atoms with Crippen molar-refractivity contribution in [2.24, 2.45) is 0 Å². The van der Waals surface area contributed by atoms with E-state index in [1.54, 1.807) is 31.2 Å². The summed E-state index contributed by atoms with van der Waals surface area (Å²) in [5.41, 5.74) is 1.16. The molecule has 0 bridgehead atoms. The van der Waals surface area contributed by atoms with Crippen LogP contribution < -0.4 is 5.32 Å². The number of aromatic hydroxyl groups is 3. The normalized spacial score (nSPS) is 16.1. The lowest BCUT2D eigenvalue weighted by molar-refractivity contribution is 0.331. The number of hydrogen-bond donors (Lipinski definition) is 6. The van der Waals surface area contributed by atoms with Gasteiger partial charge in [0, 0.05) is 12.5 Å². The molecule has 1 unspecified atom stereocenters. The largest absolute Gasteiger partial charge is 0.508 e. The molecular formula is C18H18BrNO5S. The van der Waals surface area contributed by atoms with Gasteiger partial charge >= 0.3 is 0 Å². The number of allylic oxidation sites excluding steroid dienone is 5. The van der Waals surface area contributed by atoms with Gasteiger partial charge in [0.15, 0.2) is 23.0 Å².